The Morgan fingerprint density at radius 1 is 1.22 bits per heavy atom. The molecule has 0 saturated heterocycles. The third-order valence-electron chi connectivity index (χ3n) is 2.42. The highest BCUT2D eigenvalue weighted by atomic mass is 19.1. The second kappa shape index (κ2) is 5.44. The molecule has 0 N–H and O–H groups in total. The van der Waals surface area contributed by atoms with E-state index in [-0.39, 0.29) is 5.88 Å². The van der Waals surface area contributed by atoms with Gasteiger partial charge in [-0.05, 0) is 18.6 Å². The molecular weight excluding hydrogens is 235 g/mol. The molecule has 0 saturated carbocycles. The van der Waals surface area contributed by atoms with E-state index in [1.807, 2.05) is 6.92 Å². The van der Waals surface area contributed by atoms with Gasteiger partial charge >= 0.3 is 0 Å². The van der Waals surface area contributed by atoms with Crippen LogP contribution in [0.1, 0.15) is 12.6 Å². The molecule has 0 spiro atoms. The summed E-state index contributed by atoms with van der Waals surface area (Å²) in [4.78, 5) is 7.63. The van der Waals surface area contributed by atoms with Gasteiger partial charge < -0.3 is 9.47 Å². The van der Waals surface area contributed by atoms with Crippen LogP contribution in [-0.4, -0.2) is 17.1 Å². The summed E-state index contributed by atoms with van der Waals surface area (Å²) in [6.45, 7) is 1.82. The van der Waals surface area contributed by atoms with Gasteiger partial charge in [-0.3, -0.25) is 0 Å². The fourth-order valence-corrected chi connectivity index (χ4v) is 1.48. The fourth-order valence-electron chi connectivity index (χ4n) is 1.48. The zero-order valence-electron chi connectivity index (χ0n) is 10.2. The number of nitrogens with zero attached hydrogens (tertiary/aromatic N) is 2. The van der Waals surface area contributed by atoms with Crippen LogP contribution in [0.25, 0.3) is 0 Å². The molecule has 4 nitrogen and oxygen atoms in total. The number of aromatic nitrogens is 2. The number of ether oxygens (including phenoxy) is 2. The number of halogens is 1. The molecule has 0 atom stereocenters. The average molecular weight is 248 g/mol. The number of hydrogen-bond donors (Lipinski definition) is 0. The van der Waals surface area contributed by atoms with Crippen molar-refractivity contribution in [2.75, 3.05) is 7.11 Å². The molecule has 5 heteroatoms. The molecule has 0 unspecified atom stereocenters. The van der Waals surface area contributed by atoms with E-state index < -0.39 is 5.82 Å². The Bertz CT molecular complexity index is 546. The predicted octanol–water partition coefficient (Wildman–Crippen LogP) is 2.98. The predicted molar refractivity (Wildman–Crippen MR) is 64.4 cm³/mol. The molecule has 0 radical (unpaired) electrons. The normalized spacial score (nSPS) is 10.2. The van der Waals surface area contributed by atoms with Crippen LogP contribution in [0.15, 0.2) is 30.6 Å². The molecule has 0 fully saturated rings. The van der Waals surface area contributed by atoms with Crippen LogP contribution in [-0.2, 0) is 6.42 Å². The minimum Gasteiger partial charge on any atom is -0.497 e. The van der Waals surface area contributed by atoms with Crippen molar-refractivity contribution in [1.29, 1.82) is 0 Å². The fraction of sp³-hybridized carbons (Fsp3) is 0.231. The quantitative estimate of drug-likeness (QED) is 0.834. The van der Waals surface area contributed by atoms with Crippen LogP contribution in [0.4, 0.5) is 4.39 Å². The summed E-state index contributed by atoms with van der Waals surface area (Å²) in [5.41, 5.74) is 0.336. The molecule has 18 heavy (non-hydrogen) atoms. The van der Waals surface area contributed by atoms with E-state index in [0.717, 1.165) is 0 Å². The molecule has 0 bridgehead atoms. The first-order valence-electron chi connectivity index (χ1n) is 5.56. The number of benzene rings is 1. The van der Waals surface area contributed by atoms with E-state index in [1.165, 1.54) is 6.33 Å². The van der Waals surface area contributed by atoms with E-state index in [9.17, 15) is 4.39 Å². The Kier molecular flexibility index (Phi) is 3.72. The van der Waals surface area contributed by atoms with Crippen molar-refractivity contribution < 1.29 is 13.9 Å². The SMILES string of the molecule is CCc1ncnc(Oc2cccc(OC)c2)c1F. The van der Waals surface area contributed by atoms with Crippen LogP contribution >= 0.6 is 0 Å². The monoisotopic (exact) mass is 248 g/mol. The van der Waals surface area contributed by atoms with Crippen LogP contribution in [0.3, 0.4) is 0 Å². The average Bonchev–Trinajstić information content (AvgIpc) is 2.41. The van der Waals surface area contributed by atoms with Gasteiger partial charge in [0, 0.05) is 6.07 Å². The van der Waals surface area contributed by atoms with Gasteiger partial charge in [0.25, 0.3) is 5.88 Å². The Morgan fingerprint density at radius 3 is 2.72 bits per heavy atom. The number of hydrogen-bond acceptors (Lipinski definition) is 4. The minimum atomic E-state index is -0.525. The molecule has 1 aromatic carbocycles. The largest absolute Gasteiger partial charge is 0.497 e. The molecule has 1 heterocycles. The van der Waals surface area contributed by atoms with Crippen molar-refractivity contribution in [3.05, 3.63) is 42.1 Å². The first-order valence-corrected chi connectivity index (χ1v) is 5.56. The highest BCUT2D eigenvalue weighted by molar-refractivity contribution is 5.35. The molecule has 0 amide bonds. The molecule has 2 rings (SSSR count). The Labute approximate surface area is 104 Å². The lowest BCUT2D eigenvalue weighted by Gasteiger charge is -2.08. The Balaban J connectivity index is 2.28. The van der Waals surface area contributed by atoms with Crippen LogP contribution in [0.5, 0.6) is 17.4 Å². The molecule has 1 aromatic heterocycles. The smallest absolute Gasteiger partial charge is 0.259 e. The highest BCUT2D eigenvalue weighted by Gasteiger charge is 2.11. The minimum absolute atomic E-state index is 0.0740. The van der Waals surface area contributed by atoms with E-state index in [2.05, 4.69) is 9.97 Å². The topological polar surface area (TPSA) is 44.2 Å². The molecule has 0 aliphatic heterocycles. The van der Waals surface area contributed by atoms with Gasteiger partial charge in [0.1, 0.15) is 17.8 Å². The van der Waals surface area contributed by atoms with Crippen molar-refractivity contribution in [2.24, 2.45) is 0 Å². The van der Waals surface area contributed by atoms with Gasteiger partial charge in [-0.15, -0.1) is 0 Å². The van der Waals surface area contributed by atoms with Crippen LogP contribution in [0.2, 0.25) is 0 Å². The zero-order valence-corrected chi connectivity index (χ0v) is 10.2. The zero-order chi connectivity index (χ0) is 13.0. The first-order chi connectivity index (χ1) is 8.74. The van der Waals surface area contributed by atoms with Gasteiger partial charge in [0.05, 0.1) is 12.8 Å². The van der Waals surface area contributed by atoms with Crippen molar-refractivity contribution >= 4 is 0 Å². The molecule has 0 aliphatic rings. The molecular formula is C13H13FN2O2. The summed E-state index contributed by atoms with van der Waals surface area (Å²) in [5.74, 6) is 0.504. The lowest BCUT2D eigenvalue weighted by atomic mass is 10.3. The maximum Gasteiger partial charge on any atom is 0.259 e. The second-order valence-corrected chi connectivity index (χ2v) is 3.57. The van der Waals surface area contributed by atoms with Gasteiger partial charge in [-0.25, -0.2) is 4.98 Å². The van der Waals surface area contributed by atoms with Gasteiger partial charge in [-0.1, -0.05) is 13.0 Å². The molecule has 94 valence electrons. The Hall–Kier alpha value is -2.17. The summed E-state index contributed by atoms with van der Waals surface area (Å²) in [6.07, 6.45) is 1.78. The third kappa shape index (κ3) is 2.56. The third-order valence-corrected chi connectivity index (χ3v) is 2.42. The lowest BCUT2D eigenvalue weighted by molar-refractivity contribution is 0.397. The van der Waals surface area contributed by atoms with E-state index in [4.69, 9.17) is 9.47 Å². The number of methoxy groups -OCH3 is 1. The maximum absolute atomic E-state index is 13.9. The van der Waals surface area contributed by atoms with Crippen LogP contribution < -0.4 is 9.47 Å². The van der Waals surface area contributed by atoms with Gasteiger partial charge in [0.15, 0.2) is 0 Å². The van der Waals surface area contributed by atoms with Gasteiger partial charge in [-0.2, -0.15) is 9.37 Å². The first kappa shape index (κ1) is 12.3. The summed E-state index contributed by atoms with van der Waals surface area (Å²) in [5, 5.41) is 0. The lowest BCUT2D eigenvalue weighted by Crippen LogP contribution is -1.99. The summed E-state index contributed by atoms with van der Waals surface area (Å²) < 4.78 is 24.3. The summed E-state index contributed by atoms with van der Waals surface area (Å²) in [6, 6.07) is 6.90. The second-order valence-electron chi connectivity index (χ2n) is 3.57. The highest BCUT2D eigenvalue weighted by Crippen LogP contribution is 2.26. The van der Waals surface area contributed by atoms with Crippen LogP contribution in [0, 0.1) is 5.82 Å². The molecule has 2 aromatic rings. The maximum atomic E-state index is 13.9. The van der Waals surface area contributed by atoms with Gasteiger partial charge in [0.2, 0.25) is 5.82 Å². The van der Waals surface area contributed by atoms with Crippen molar-refractivity contribution in [3.63, 3.8) is 0 Å². The Morgan fingerprint density at radius 2 is 2.00 bits per heavy atom. The van der Waals surface area contributed by atoms with E-state index in [0.29, 0.717) is 23.6 Å². The summed E-state index contributed by atoms with van der Waals surface area (Å²) in [7, 11) is 1.56. The number of aryl methyl sites for hydroxylation is 1. The standard InChI is InChI=1S/C13H13FN2O2/c1-3-11-12(14)13(16-8-15-11)18-10-6-4-5-9(7-10)17-2/h4-8H,3H2,1-2H3. The van der Waals surface area contributed by atoms with Crippen molar-refractivity contribution in [2.45, 2.75) is 13.3 Å². The van der Waals surface area contributed by atoms with E-state index in [1.54, 1.807) is 31.4 Å². The molecule has 0 aliphatic carbocycles. The van der Waals surface area contributed by atoms with E-state index >= 15 is 0 Å². The van der Waals surface area contributed by atoms with Crippen molar-refractivity contribution in [1.82, 2.24) is 9.97 Å². The van der Waals surface area contributed by atoms with Crippen molar-refractivity contribution in [3.8, 4) is 17.4 Å². The summed E-state index contributed by atoms with van der Waals surface area (Å²) >= 11 is 0. The number of rotatable bonds is 4.